The van der Waals surface area contributed by atoms with Crippen molar-refractivity contribution in [2.45, 2.75) is 33.0 Å². The summed E-state index contributed by atoms with van der Waals surface area (Å²) in [5.74, 6) is 0.985. The van der Waals surface area contributed by atoms with Crippen LogP contribution in [0.1, 0.15) is 24.5 Å². The first-order valence-electron chi connectivity index (χ1n) is 13.3. The highest BCUT2D eigenvalue weighted by Crippen LogP contribution is 2.27. The Morgan fingerprint density at radius 3 is 2.47 bits per heavy atom. The zero-order chi connectivity index (χ0) is 25.7. The molecule has 0 fully saturated rings. The van der Waals surface area contributed by atoms with Gasteiger partial charge < -0.3 is 9.47 Å². The first-order valence-corrected chi connectivity index (χ1v) is 13.3. The molecular formula is C31H33N7. The van der Waals surface area contributed by atoms with E-state index < -0.39 is 0 Å². The van der Waals surface area contributed by atoms with Crippen molar-refractivity contribution in [2.24, 2.45) is 0 Å². The van der Waals surface area contributed by atoms with Gasteiger partial charge in [0.15, 0.2) is 0 Å². The van der Waals surface area contributed by atoms with Crippen LogP contribution in [0, 0.1) is 0 Å². The van der Waals surface area contributed by atoms with Crippen LogP contribution in [0.4, 0.5) is 5.82 Å². The van der Waals surface area contributed by atoms with E-state index in [9.17, 15) is 0 Å². The maximum Gasteiger partial charge on any atom is 0.145 e. The predicted molar refractivity (Wildman–Crippen MR) is 152 cm³/mol. The summed E-state index contributed by atoms with van der Waals surface area (Å²) in [6.07, 6.45) is 11.1. The highest BCUT2D eigenvalue weighted by atomic mass is 15.3. The van der Waals surface area contributed by atoms with Gasteiger partial charge in [-0.2, -0.15) is 5.10 Å². The maximum absolute atomic E-state index is 4.71. The van der Waals surface area contributed by atoms with Crippen molar-refractivity contribution in [3.05, 3.63) is 114 Å². The Morgan fingerprint density at radius 1 is 0.868 bits per heavy atom. The SMILES string of the molecule is CCN(Cc1ccc(-n2cccn2)cc1)c1ncnc2c1ccn2CC1=CCN(Cc2ccccc2)CC1. The summed E-state index contributed by atoms with van der Waals surface area (Å²) < 4.78 is 4.15. The van der Waals surface area contributed by atoms with Crippen molar-refractivity contribution >= 4 is 16.9 Å². The maximum atomic E-state index is 4.71. The van der Waals surface area contributed by atoms with Gasteiger partial charge in [-0.15, -0.1) is 0 Å². The minimum absolute atomic E-state index is 0.787. The number of rotatable bonds is 9. The zero-order valence-electron chi connectivity index (χ0n) is 21.8. The summed E-state index contributed by atoms with van der Waals surface area (Å²) in [6.45, 7) is 7.79. The molecule has 192 valence electrons. The Balaban J connectivity index is 1.15. The molecule has 7 nitrogen and oxygen atoms in total. The molecule has 38 heavy (non-hydrogen) atoms. The monoisotopic (exact) mass is 503 g/mol. The second kappa shape index (κ2) is 11.0. The molecule has 0 unspecified atom stereocenters. The topological polar surface area (TPSA) is 55.0 Å². The molecule has 0 bridgehead atoms. The minimum Gasteiger partial charge on any atom is -0.352 e. The van der Waals surface area contributed by atoms with Crippen LogP contribution < -0.4 is 4.90 Å². The average molecular weight is 504 g/mol. The van der Waals surface area contributed by atoms with Crippen LogP contribution in [-0.4, -0.2) is 48.8 Å². The zero-order valence-corrected chi connectivity index (χ0v) is 21.8. The van der Waals surface area contributed by atoms with Crippen molar-refractivity contribution in [3.8, 4) is 5.69 Å². The minimum atomic E-state index is 0.787. The Kier molecular flexibility index (Phi) is 7.00. The van der Waals surface area contributed by atoms with Gasteiger partial charge in [-0.1, -0.05) is 54.1 Å². The van der Waals surface area contributed by atoms with Gasteiger partial charge in [0.2, 0.25) is 0 Å². The first kappa shape index (κ1) is 24.1. The first-order chi connectivity index (χ1) is 18.8. The van der Waals surface area contributed by atoms with E-state index in [4.69, 9.17) is 4.98 Å². The third-order valence-corrected chi connectivity index (χ3v) is 7.30. The molecule has 1 aliphatic heterocycles. The van der Waals surface area contributed by atoms with Gasteiger partial charge in [-0.25, -0.2) is 14.6 Å². The van der Waals surface area contributed by atoms with E-state index in [0.717, 1.165) is 68.2 Å². The smallest absolute Gasteiger partial charge is 0.145 e. The number of hydrogen-bond acceptors (Lipinski definition) is 5. The molecule has 3 aromatic heterocycles. The molecule has 0 N–H and O–H groups in total. The molecule has 2 aromatic carbocycles. The number of nitrogens with zero attached hydrogens (tertiary/aromatic N) is 7. The lowest BCUT2D eigenvalue weighted by molar-refractivity contribution is 0.283. The van der Waals surface area contributed by atoms with E-state index in [-0.39, 0.29) is 0 Å². The summed E-state index contributed by atoms with van der Waals surface area (Å²) in [7, 11) is 0. The van der Waals surface area contributed by atoms with Gasteiger partial charge in [-0.3, -0.25) is 4.90 Å². The lowest BCUT2D eigenvalue weighted by Gasteiger charge is -2.26. The van der Waals surface area contributed by atoms with Crippen LogP contribution in [0.15, 0.2) is 103 Å². The van der Waals surface area contributed by atoms with Gasteiger partial charge in [-0.05, 0) is 48.7 Å². The van der Waals surface area contributed by atoms with Gasteiger partial charge in [0.1, 0.15) is 17.8 Å². The Morgan fingerprint density at radius 2 is 1.74 bits per heavy atom. The second-order valence-corrected chi connectivity index (χ2v) is 9.84. The molecule has 0 radical (unpaired) electrons. The molecule has 0 saturated heterocycles. The highest BCUT2D eigenvalue weighted by Gasteiger charge is 2.17. The summed E-state index contributed by atoms with van der Waals surface area (Å²) in [4.78, 5) is 14.2. The van der Waals surface area contributed by atoms with Gasteiger partial charge in [0.25, 0.3) is 0 Å². The van der Waals surface area contributed by atoms with E-state index in [1.165, 1.54) is 16.7 Å². The lowest BCUT2D eigenvalue weighted by atomic mass is 10.1. The van der Waals surface area contributed by atoms with Crippen molar-refractivity contribution in [3.63, 3.8) is 0 Å². The molecule has 4 heterocycles. The Labute approximate surface area is 223 Å². The standard InChI is InChI=1S/C31H33N7/c1-2-36(22-26-9-11-28(12-10-26)38-17-6-16-34-38)30-29-15-20-37(31(29)33-24-32-30)23-27-13-18-35(19-14-27)21-25-7-4-3-5-8-25/h3-13,15-17,20,24H,2,14,18-19,21-23H2,1H3. The third-order valence-electron chi connectivity index (χ3n) is 7.30. The van der Waals surface area contributed by atoms with Crippen LogP contribution in [0.2, 0.25) is 0 Å². The molecule has 0 spiro atoms. The van der Waals surface area contributed by atoms with E-state index in [1.54, 1.807) is 12.5 Å². The summed E-state index contributed by atoms with van der Waals surface area (Å²) in [5, 5.41) is 5.42. The van der Waals surface area contributed by atoms with Crippen LogP contribution in [0.25, 0.3) is 16.7 Å². The molecule has 6 rings (SSSR count). The lowest BCUT2D eigenvalue weighted by Crippen LogP contribution is -2.29. The number of fused-ring (bicyclic) bond motifs is 1. The van der Waals surface area contributed by atoms with Gasteiger partial charge >= 0.3 is 0 Å². The fraction of sp³-hybridized carbons (Fsp3) is 0.258. The number of aromatic nitrogens is 5. The predicted octanol–water partition coefficient (Wildman–Crippen LogP) is 5.48. The number of hydrogen-bond donors (Lipinski definition) is 0. The normalized spacial score (nSPS) is 14.1. The Bertz CT molecular complexity index is 1500. The third kappa shape index (κ3) is 5.24. The van der Waals surface area contributed by atoms with Crippen molar-refractivity contribution in [1.29, 1.82) is 0 Å². The quantitative estimate of drug-likeness (QED) is 0.250. The average Bonchev–Trinajstić information content (AvgIpc) is 3.65. The number of anilines is 1. The molecule has 0 aliphatic carbocycles. The fourth-order valence-electron chi connectivity index (χ4n) is 5.20. The van der Waals surface area contributed by atoms with Crippen molar-refractivity contribution < 1.29 is 0 Å². The summed E-state index contributed by atoms with van der Waals surface area (Å²) >= 11 is 0. The molecule has 0 atom stereocenters. The van der Waals surface area contributed by atoms with E-state index >= 15 is 0 Å². The molecule has 0 saturated carbocycles. The van der Waals surface area contributed by atoms with E-state index in [2.05, 4.69) is 104 Å². The second-order valence-electron chi connectivity index (χ2n) is 9.84. The highest BCUT2D eigenvalue weighted by molar-refractivity contribution is 5.88. The molecular weight excluding hydrogens is 470 g/mol. The van der Waals surface area contributed by atoms with Crippen LogP contribution in [0.5, 0.6) is 0 Å². The molecule has 7 heteroatoms. The van der Waals surface area contributed by atoms with Crippen molar-refractivity contribution in [2.75, 3.05) is 24.5 Å². The van der Waals surface area contributed by atoms with Gasteiger partial charge in [0.05, 0.1) is 11.1 Å². The van der Waals surface area contributed by atoms with E-state index in [1.807, 2.05) is 16.9 Å². The number of benzene rings is 2. The van der Waals surface area contributed by atoms with Crippen molar-refractivity contribution in [1.82, 2.24) is 29.2 Å². The van der Waals surface area contributed by atoms with Crippen LogP contribution in [0.3, 0.4) is 0 Å². The van der Waals surface area contributed by atoms with Crippen LogP contribution >= 0.6 is 0 Å². The summed E-state index contributed by atoms with van der Waals surface area (Å²) in [6, 6.07) is 23.4. The molecule has 1 aliphatic rings. The van der Waals surface area contributed by atoms with Gasteiger partial charge in [0, 0.05) is 57.9 Å². The largest absolute Gasteiger partial charge is 0.352 e. The van der Waals surface area contributed by atoms with Crippen LogP contribution in [-0.2, 0) is 19.6 Å². The molecule has 0 amide bonds. The fourth-order valence-corrected chi connectivity index (χ4v) is 5.20. The molecule has 5 aromatic rings. The Hall–Kier alpha value is -4.23. The van der Waals surface area contributed by atoms with E-state index in [0.29, 0.717) is 0 Å². The summed E-state index contributed by atoms with van der Waals surface area (Å²) in [5.41, 5.74) is 6.14.